The van der Waals surface area contributed by atoms with Crippen LogP contribution in [-0.2, 0) is 4.79 Å². The second-order valence-corrected chi connectivity index (χ2v) is 2.85. The van der Waals surface area contributed by atoms with Gasteiger partial charge in [-0.25, -0.2) is 22.4 Å². The number of nitriles is 1. The Labute approximate surface area is 92.2 Å². The van der Waals surface area contributed by atoms with E-state index in [-0.39, 0.29) is 12.1 Å². The lowest BCUT2D eigenvalue weighted by atomic mass is 10.0. The maximum Gasteiger partial charge on any atom is 0.329 e. The highest BCUT2D eigenvalue weighted by Crippen LogP contribution is 2.25. The van der Waals surface area contributed by atoms with E-state index < -0.39 is 40.4 Å². The third kappa shape index (κ3) is 2.42. The number of benzene rings is 1. The van der Waals surface area contributed by atoms with E-state index in [4.69, 9.17) is 10.4 Å². The van der Waals surface area contributed by atoms with Gasteiger partial charge in [0.25, 0.3) is 0 Å². The molecule has 88 valence electrons. The fourth-order valence-corrected chi connectivity index (χ4v) is 1.10. The van der Waals surface area contributed by atoms with Gasteiger partial charge in [0.2, 0.25) is 0 Å². The Kier molecular flexibility index (Phi) is 3.48. The number of rotatable bonds is 2. The van der Waals surface area contributed by atoms with Crippen LogP contribution in [-0.4, -0.2) is 11.1 Å². The zero-order chi connectivity index (χ0) is 13.2. The number of carbonyl (C=O) groups is 1. The first-order valence-corrected chi connectivity index (χ1v) is 4.06. The van der Waals surface area contributed by atoms with Crippen LogP contribution in [0.1, 0.15) is 5.56 Å². The highest BCUT2D eigenvalue weighted by molar-refractivity contribution is 5.94. The van der Waals surface area contributed by atoms with Crippen LogP contribution in [0, 0.1) is 34.6 Å². The molecule has 0 aromatic heterocycles. The minimum Gasteiger partial charge on any atom is -0.478 e. The van der Waals surface area contributed by atoms with E-state index >= 15 is 0 Å². The molecule has 0 aliphatic carbocycles. The number of allylic oxidation sites excluding steroid dienone is 1. The number of aliphatic carboxylic acids is 1. The standard InChI is InChI=1S/C10H3F4NO2/c11-5-2-6(12)9(13)10(14)8(5)4(3-15)1-7(16)17/h1-2H,(H,16,17). The van der Waals surface area contributed by atoms with Crippen molar-refractivity contribution in [1.29, 1.82) is 5.26 Å². The molecule has 0 spiro atoms. The first-order chi connectivity index (χ1) is 7.88. The van der Waals surface area contributed by atoms with Gasteiger partial charge in [-0.3, -0.25) is 0 Å². The lowest BCUT2D eigenvalue weighted by Crippen LogP contribution is -2.02. The predicted octanol–water partition coefficient (Wildman–Crippen LogP) is 2.23. The Balaban J connectivity index is 3.57. The van der Waals surface area contributed by atoms with Crippen molar-refractivity contribution in [2.75, 3.05) is 0 Å². The van der Waals surface area contributed by atoms with Crippen molar-refractivity contribution >= 4 is 11.5 Å². The smallest absolute Gasteiger partial charge is 0.329 e. The van der Waals surface area contributed by atoms with Gasteiger partial charge in [-0.15, -0.1) is 0 Å². The summed E-state index contributed by atoms with van der Waals surface area (Å²) >= 11 is 0. The molecule has 0 atom stereocenters. The molecule has 0 radical (unpaired) electrons. The van der Waals surface area contributed by atoms with Crippen LogP contribution in [0.2, 0.25) is 0 Å². The summed E-state index contributed by atoms with van der Waals surface area (Å²) in [5, 5.41) is 16.8. The van der Waals surface area contributed by atoms with Crippen molar-refractivity contribution in [1.82, 2.24) is 0 Å². The summed E-state index contributed by atoms with van der Waals surface area (Å²) < 4.78 is 51.7. The molecule has 1 rings (SSSR count). The van der Waals surface area contributed by atoms with Crippen molar-refractivity contribution < 1.29 is 27.5 Å². The van der Waals surface area contributed by atoms with Crippen molar-refractivity contribution in [2.45, 2.75) is 0 Å². The third-order valence-corrected chi connectivity index (χ3v) is 1.77. The van der Waals surface area contributed by atoms with Gasteiger partial charge >= 0.3 is 5.97 Å². The maximum absolute atomic E-state index is 13.2. The molecule has 0 aliphatic heterocycles. The fraction of sp³-hybridized carbons (Fsp3) is 0. The molecule has 0 bridgehead atoms. The summed E-state index contributed by atoms with van der Waals surface area (Å²) in [6, 6.07) is 1.22. The molecule has 0 aliphatic rings. The molecule has 0 saturated carbocycles. The van der Waals surface area contributed by atoms with Crippen LogP contribution in [0.5, 0.6) is 0 Å². The van der Waals surface area contributed by atoms with Gasteiger partial charge in [0.1, 0.15) is 11.9 Å². The molecular formula is C10H3F4NO2. The van der Waals surface area contributed by atoms with Gasteiger partial charge < -0.3 is 5.11 Å². The number of hydrogen-bond acceptors (Lipinski definition) is 2. The summed E-state index contributed by atoms with van der Waals surface area (Å²) in [5.74, 6) is -8.90. The van der Waals surface area contributed by atoms with Gasteiger partial charge in [0.15, 0.2) is 17.5 Å². The highest BCUT2D eigenvalue weighted by atomic mass is 19.2. The number of carboxylic acid groups (broad SMARTS) is 1. The molecule has 0 fully saturated rings. The largest absolute Gasteiger partial charge is 0.478 e. The number of carboxylic acids is 1. The summed E-state index contributed by atoms with van der Waals surface area (Å²) in [4.78, 5) is 10.3. The van der Waals surface area contributed by atoms with Crippen LogP contribution in [0.3, 0.4) is 0 Å². The second-order valence-electron chi connectivity index (χ2n) is 2.85. The molecule has 1 aromatic carbocycles. The summed E-state index contributed by atoms with van der Waals surface area (Å²) in [5.41, 5.74) is -2.17. The summed E-state index contributed by atoms with van der Waals surface area (Å²) in [7, 11) is 0. The lowest BCUT2D eigenvalue weighted by molar-refractivity contribution is -0.131. The Morgan fingerprint density at radius 1 is 1.24 bits per heavy atom. The molecule has 0 heterocycles. The minimum absolute atomic E-state index is 0.0285. The molecule has 0 unspecified atom stereocenters. The first-order valence-electron chi connectivity index (χ1n) is 4.06. The quantitative estimate of drug-likeness (QED) is 0.286. The van der Waals surface area contributed by atoms with Gasteiger partial charge in [-0.2, -0.15) is 5.26 Å². The number of hydrogen-bond donors (Lipinski definition) is 1. The van der Waals surface area contributed by atoms with Crippen LogP contribution in [0.15, 0.2) is 12.1 Å². The Hall–Kier alpha value is -2.36. The normalized spacial score (nSPS) is 11.1. The molecule has 0 amide bonds. The van der Waals surface area contributed by atoms with Gasteiger partial charge in [-0.1, -0.05) is 0 Å². The SMILES string of the molecule is N#CC(=CC(=O)O)c1c(F)cc(F)c(F)c1F. The molecular weight excluding hydrogens is 242 g/mol. The first kappa shape index (κ1) is 12.7. The second kappa shape index (κ2) is 4.65. The number of halogens is 4. The third-order valence-electron chi connectivity index (χ3n) is 1.77. The predicted molar refractivity (Wildman–Crippen MR) is 47.5 cm³/mol. The van der Waals surface area contributed by atoms with Gasteiger partial charge in [-0.05, 0) is 0 Å². The molecule has 0 saturated heterocycles. The van der Waals surface area contributed by atoms with Crippen LogP contribution >= 0.6 is 0 Å². The fourth-order valence-electron chi connectivity index (χ4n) is 1.10. The van der Waals surface area contributed by atoms with Gasteiger partial charge in [0.05, 0.1) is 11.1 Å². The van der Waals surface area contributed by atoms with E-state index in [1.807, 2.05) is 0 Å². The van der Waals surface area contributed by atoms with E-state index in [2.05, 4.69) is 0 Å². The summed E-state index contributed by atoms with van der Waals surface area (Å²) in [6.45, 7) is 0. The zero-order valence-electron chi connectivity index (χ0n) is 7.97. The van der Waals surface area contributed by atoms with Crippen molar-refractivity contribution in [2.24, 2.45) is 0 Å². The van der Waals surface area contributed by atoms with Crippen molar-refractivity contribution in [3.63, 3.8) is 0 Å². The Morgan fingerprint density at radius 2 is 1.82 bits per heavy atom. The average molecular weight is 245 g/mol. The molecule has 1 aromatic rings. The molecule has 7 heteroatoms. The lowest BCUT2D eigenvalue weighted by Gasteiger charge is -2.04. The van der Waals surface area contributed by atoms with E-state index in [0.717, 1.165) is 0 Å². The van der Waals surface area contributed by atoms with Crippen LogP contribution < -0.4 is 0 Å². The van der Waals surface area contributed by atoms with Crippen LogP contribution in [0.25, 0.3) is 5.57 Å². The van der Waals surface area contributed by atoms with E-state index in [1.54, 1.807) is 0 Å². The molecule has 17 heavy (non-hydrogen) atoms. The van der Waals surface area contributed by atoms with E-state index in [0.29, 0.717) is 0 Å². The van der Waals surface area contributed by atoms with Crippen LogP contribution in [0.4, 0.5) is 17.6 Å². The Bertz CT molecular complexity index is 560. The minimum atomic E-state index is -1.98. The summed E-state index contributed by atoms with van der Waals surface area (Å²) in [6.07, 6.45) is 0.193. The molecule has 1 N–H and O–H groups in total. The van der Waals surface area contributed by atoms with E-state index in [9.17, 15) is 22.4 Å². The number of nitrogens with zero attached hydrogens (tertiary/aromatic N) is 1. The highest BCUT2D eigenvalue weighted by Gasteiger charge is 2.22. The monoisotopic (exact) mass is 245 g/mol. The molecule has 3 nitrogen and oxygen atoms in total. The average Bonchev–Trinajstić information content (AvgIpc) is 2.24. The van der Waals surface area contributed by atoms with Crippen molar-refractivity contribution in [3.8, 4) is 6.07 Å². The van der Waals surface area contributed by atoms with Crippen molar-refractivity contribution in [3.05, 3.63) is 41.0 Å². The topological polar surface area (TPSA) is 61.1 Å². The Morgan fingerprint density at radius 3 is 2.29 bits per heavy atom. The van der Waals surface area contributed by atoms with Gasteiger partial charge in [0, 0.05) is 12.1 Å². The maximum atomic E-state index is 13.2. The van der Waals surface area contributed by atoms with E-state index in [1.165, 1.54) is 6.07 Å². The zero-order valence-corrected chi connectivity index (χ0v) is 7.97.